The van der Waals surface area contributed by atoms with Crippen molar-refractivity contribution in [2.75, 3.05) is 36.8 Å². The van der Waals surface area contributed by atoms with E-state index in [-0.39, 0.29) is 11.6 Å². The summed E-state index contributed by atoms with van der Waals surface area (Å²) in [6.45, 7) is 5.51. The van der Waals surface area contributed by atoms with Crippen molar-refractivity contribution in [1.82, 2.24) is 9.79 Å². The van der Waals surface area contributed by atoms with Crippen molar-refractivity contribution in [3.8, 4) is 11.8 Å². The third-order valence-corrected chi connectivity index (χ3v) is 7.76. The van der Waals surface area contributed by atoms with Crippen molar-refractivity contribution < 1.29 is 18.0 Å². The van der Waals surface area contributed by atoms with E-state index in [1.54, 1.807) is 12.1 Å². The fraction of sp³-hybridized carbons (Fsp3) is 0.417. The summed E-state index contributed by atoms with van der Waals surface area (Å²) >= 11 is 0. The van der Waals surface area contributed by atoms with Gasteiger partial charge in [0.25, 0.3) is 0 Å². The second-order valence-electron chi connectivity index (χ2n) is 8.66. The molecule has 1 unspecified atom stereocenters. The second-order valence-corrected chi connectivity index (χ2v) is 10.7. The van der Waals surface area contributed by atoms with Crippen LogP contribution in [-0.4, -0.2) is 55.9 Å². The fourth-order valence-electron chi connectivity index (χ4n) is 3.65. The predicted octanol–water partition coefficient (Wildman–Crippen LogP) is 3.09. The maximum atomic E-state index is 13.1. The summed E-state index contributed by atoms with van der Waals surface area (Å²) in [5.74, 6) is 5.67. The van der Waals surface area contributed by atoms with Crippen molar-refractivity contribution in [1.29, 1.82) is 0 Å². The lowest BCUT2D eigenvalue weighted by atomic mass is 9.82. The number of rotatable bonds is 7. The van der Waals surface area contributed by atoms with Crippen molar-refractivity contribution in [2.24, 2.45) is 5.41 Å². The van der Waals surface area contributed by atoms with Crippen LogP contribution >= 0.6 is 0 Å². The number of benzene rings is 2. The molecule has 0 aromatic heterocycles. The van der Waals surface area contributed by atoms with E-state index in [0.29, 0.717) is 32.6 Å². The van der Waals surface area contributed by atoms with Gasteiger partial charge in [-0.25, -0.2) is 18.3 Å². The van der Waals surface area contributed by atoms with Crippen molar-refractivity contribution in [2.45, 2.75) is 26.3 Å². The first-order chi connectivity index (χ1) is 15.2. The number of sulfonamides is 1. The monoisotopic (exact) mass is 459 g/mol. The lowest BCUT2D eigenvalue weighted by molar-refractivity contribution is 0.0765. The lowest BCUT2D eigenvalue weighted by Gasteiger charge is -2.37. The van der Waals surface area contributed by atoms with Gasteiger partial charge in [0.15, 0.2) is 0 Å². The highest BCUT2D eigenvalue weighted by atomic mass is 32.2. The first-order valence-corrected chi connectivity index (χ1v) is 12.2. The van der Waals surface area contributed by atoms with E-state index in [0.717, 1.165) is 11.3 Å². The van der Waals surface area contributed by atoms with Crippen LogP contribution in [0.15, 0.2) is 54.6 Å². The Hall–Kier alpha value is -2.44. The highest BCUT2D eigenvalue weighted by Gasteiger charge is 2.36. The van der Waals surface area contributed by atoms with Crippen LogP contribution in [0.1, 0.15) is 25.8 Å². The van der Waals surface area contributed by atoms with Crippen LogP contribution in [0.5, 0.6) is 0 Å². The normalized spacial score (nSPS) is 16.3. The van der Waals surface area contributed by atoms with Crippen LogP contribution in [0.2, 0.25) is 0 Å². The van der Waals surface area contributed by atoms with Crippen molar-refractivity contribution in [3.63, 3.8) is 0 Å². The molecule has 2 aromatic rings. The minimum absolute atomic E-state index is 0.222. The lowest BCUT2D eigenvalue weighted by Crippen LogP contribution is -2.53. The minimum Gasteiger partial charge on any atom is -0.369 e. The Morgan fingerprint density at radius 3 is 2.28 bits per heavy atom. The van der Waals surface area contributed by atoms with Gasteiger partial charge in [-0.05, 0) is 41.8 Å². The summed E-state index contributed by atoms with van der Waals surface area (Å²) in [4.78, 5) is 2.04. The zero-order chi connectivity index (χ0) is 23.2. The Balaban J connectivity index is 1.60. The Morgan fingerprint density at radius 2 is 1.69 bits per heavy atom. The number of nitrogens with zero attached hydrogens (tertiary/aromatic N) is 2. The van der Waals surface area contributed by atoms with Crippen LogP contribution in [0.4, 0.5) is 10.1 Å². The molecule has 172 valence electrons. The Kier molecular flexibility index (Phi) is 7.91. The number of nitrogens with one attached hydrogen (secondary N) is 1. The molecule has 8 heteroatoms. The molecule has 3 rings (SSSR count). The molecule has 2 N–H and O–H groups in total. The number of hydroxylamine groups is 1. The molecule has 0 saturated carbocycles. The first-order valence-electron chi connectivity index (χ1n) is 10.6. The van der Waals surface area contributed by atoms with E-state index in [1.165, 1.54) is 16.4 Å². The summed E-state index contributed by atoms with van der Waals surface area (Å²) in [6, 6.07) is 15.1. The highest BCUT2D eigenvalue weighted by molar-refractivity contribution is 7.89. The van der Waals surface area contributed by atoms with E-state index in [2.05, 4.69) is 17.3 Å². The molecule has 32 heavy (non-hydrogen) atoms. The van der Waals surface area contributed by atoms with Gasteiger partial charge >= 0.3 is 0 Å². The third kappa shape index (κ3) is 6.30. The van der Waals surface area contributed by atoms with Crippen LogP contribution < -0.4 is 10.4 Å². The van der Waals surface area contributed by atoms with Gasteiger partial charge in [-0.3, -0.25) is 0 Å². The van der Waals surface area contributed by atoms with Gasteiger partial charge in [0.1, 0.15) is 5.82 Å². The quantitative estimate of drug-likeness (QED) is 0.492. The van der Waals surface area contributed by atoms with E-state index in [9.17, 15) is 18.0 Å². The summed E-state index contributed by atoms with van der Waals surface area (Å²) < 4.78 is 40.7. The maximum absolute atomic E-state index is 13.1. The number of hydrogen-bond acceptors (Lipinski definition) is 5. The summed E-state index contributed by atoms with van der Waals surface area (Å²) in [5.41, 5.74) is 3.40. The molecular weight excluding hydrogens is 429 g/mol. The van der Waals surface area contributed by atoms with Gasteiger partial charge in [-0.15, -0.1) is 0 Å². The summed E-state index contributed by atoms with van der Waals surface area (Å²) in [5, 5.41) is 9.73. The molecule has 1 fully saturated rings. The number of piperazine rings is 1. The van der Waals surface area contributed by atoms with Crippen molar-refractivity contribution >= 4 is 15.7 Å². The Bertz CT molecular complexity index is 1040. The Morgan fingerprint density at radius 1 is 1.06 bits per heavy atom. The van der Waals surface area contributed by atoms with Gasteiger partial charge in [-0.1, -0.05) is 43.9 Å². The number of halogens is 1. The smallest absolute Gasteiger partial charge is 0.215 e. The van der Waals surface area contributed by atoms with Crippen LogP contribution in [0.3, 0.4) is 0 Å². The predicted molar refractivity (Wildman–Crippen MR) is 124 cm³/mol. The molecule has 0 amide bonds. The fourth-order valence-corrected chi connectivity index (χ4v) is 5.53. The third-order valence-electron chi connectivity index (χ3n) is 5.85. The number of hydrogen-bond donors (Lipinski definition) is 2. The van der Waals surface area contributed by atoms with E-state index >= 15 is 0 Å². The molecule has 0 aliphatic carbocycles. The molecular formula is C24H30FN3O3S. The van der Waals surface area contributed by atoms with Crippen LogP contribution in [-0.2, 0) is 10.0 Å². The average molecular weight is 460 g/mol. The number of anilines is 1. The molecule has 1 heterocycles. The highest BCUT2D eigenvalue weighted by Crippen LogP contribution is 2.27. The molecule has 1 aliphatic heterocycles. The summed E-state index contributed by atoms with van der Waals surface area (Å²) in [7, 11) is -3.59. The Labute approximate surface area is 190 Å². The molecule has 2 aromatic carbocycles. The molecule has 0 spiro atoms. The zero-order valence-electron chi connectivity index (χ0n) is 18.5. The minimum atomic E-state index is -3.59. The van der Waals surface area contributed by atoms with E-state index in [4.69, 9.17) is 0 Å². The SMILES string of the molecule is CC(C)(CC#Cc1ccccc1)C(CS(=O)(=O)N1CCN(c2ccc(F)cc2)CC1)NO. The van der Waals surface area contributed by atoms with Gasteiger partial charge < -0.3 is 10.1 Å². The second kappa shape index (κ2) is 10.5. The molecule has 0 bridgehead atoms. The molecule has 0 radical (unpaired) electrons. The summed E-state index contributed by atoms with van der Waals surface area (Å²) in [6.07, 6.45) is 0.425. The van der Waals surface area contributed by atoms with Gasteiger partial charge in [-0.2, -0.15) is 4.31 Å². The van der Waals surface area contributed by atoms with E-state index in [1.807, 2.05) is 49.1 Å². The maximum Gasteiger partial charge on any atom is 0.215 e. The standard InChI is InChI=1S/C24H30FN3O3S/c1-24(2,14-6-9-20-7-4-3-5-8-20)23(26-29)19-32(30,31)28-17-15-27(16-18-28)22-12-10-21(25)11-13-22/h3-5,7-8,10-13,23,26,29H,14-19H2,1-2H3. The van der Waals surface area contributed by atoms with Gasteiger partial charge in [0.05, 0.1) is 11.8 Å². The molecule has 1 atom stereocenters. The zero-order valence-corrected chi connectivity index (χ0v) is 19.3. The van der Waals surface area contributed by atoms with E-state index < -0.39 is 21.5 Å². The largest absolute Gasteiger partial charge is 0.369 e. The molecule has 6 nitrogen and oxygen atoms in total. The first kappa shape index (κ1) is 24.2. The van der Waals surface area contributed by atoms with Crippen LogP contribution in [0, 0.1) is 23.1 Å². The average Bonchev–Trinajstić information content (AvgIpc) is 2.78. The topological polar surface area (TPSA) is 72.9 Å². The molecule has 1 aliphatic rings. The van der Waals surface area contributed by atoms with Crippen molar-refractivity contribution in [3.05, 3.63) is 66.0 Å². The van der Waals surface area contributed by atoms with Gasteiger partial charge in [0, 0.05) is 43.9 Å². The van der Waals surface area contributed by atoms with Gasteiger partial charge in [0.2, 0.25) is 10.0 Å². The molecule has 1 saturated heterocycles. The van der Waals surface area contributed by atoms with Crippen LogP contribution in [0.25, 0.3) is 0 Å².